The summed E-state index contributed by atoms with van der Waals surface area (Å²) in [6.45, 7) is 0.0195. The van der Waals surface area contributed by atoms with Crippen LogP contribution < -0.4 is 5.32 Å². The van der Waals surface area contributed by atoms with E-state index in [1.54, 1.807) is 17.4 Å². The monoisotopic (exact) mass is 331 g/mol. The van der Waals surface area contributed by atoms with E-state index in [-0.39, 0.29) is 24.0 Å². The molecule has 0 saturated carbocycles. The van der Waals surface area contributed by atoms with Crippen molar-refractivity contribution in [3.63, 3.8) is 0 Å². The van der Waals surface area contributed by atoms with Gasteiger partial charge in [0.05, 0.1) is 16.7 Å². The molecule has 23 heavy (non-hydrogen) atoms. The first-order valence-electron chi connectivity index (χ1n) is 6.94. The number of benzene rings is 1. The molecule has 118 valence electrons. The number of rotatable bonds is 5. The van der Waals surface area contributed by atoms with Crippen molar-refractivity contribution in [2.45, 2.75) is 6.10 Å². The first-order valence-corrected chi connectivity index (χ1v) is 7.82. The van der Waals surface area contributed by atoms with Crippen molar-refractivity contribution >= 4 is 17.2 Å². The number of hydrogen-bond acceptors (Lipinski definition) is 4. The number of amides is 1. The van der Waals surface area contributed by atoms with E-state index in [0.717, 1.165) is 10.6 Å². The van der Waals surface area contributed by atoms with Crippen molar-refractivity contribution in [3.8, 4) is 10.6 Å². The van der Waals surface area contributed by atoms with E-state index in [1.807, 2.05) is 17.5 Å². The molecular formula is C16H14FN3O2S. The molecule has 3 N–H and O–H groups in total. The fourth-order valence-electron chi connectivity index (χ4n) is 2.08. The van der Waals surface area contributed by atoms with Crippen LogP contribution in [0, 0.1) is 5.82 Å². The van der Waals surface area contributed by atoms with Gasteiger partial charge in [0.15, 0.2) is 5.69 Å². The Bertz CT molecular complexity index is 784. The summed E-state index contributed by atoms with van der Waals surface area (Å²) in [6.07, 6.45) is -0.907. The van der Waals surface area contributed by atoms with Crippen LogP contribution in [0.1, 0.15) is 22.2 Å². The van der Waals surface area contributed by atoms with Crippen LogP contribution in [0.5, 0.6) is 0 Å². The van der Waals surface area contributed by atoms with E-state index in [2.05, 4.69) is 15.5 Å². The smallest absolute Gasteiger partial charge is 0.271 e. The highest BCUT2D eigenvalue weighted by Crippen LogP contribution is 2.22. The molecule has 2 heterocycles. The van der Waals surface area contributed by atoms with Gasteiger partial charge in [0.25, 0.3) is 5.91 Å². The summed E-state index contributed by atoms with van der Waals surface area (Å²) < 4.78 is 12.8. The van der Waals surface area contributed by atoms with Gasteiger partial charge < -0.3 is 10.4 Å². The highest BCUT2D eigenvalue weighted by atomic mass is 32.1. The Hall–Kier alpha value is -2.51. The number of aliphatic hydroxyl groups excluding tert-OH is 1. The van der Waals surface area contributed by atoms with Crippen LogP contribution in [0.3, 0.4) is 0 Å². The first-order chi connectivity index (χ1) is 11.1. The average molecular weight is 331 g/mol. The van der Waals surface area contributed by atoms with Gasteiger partial charge in [-0.3, -0.25) is 9.89 Å². The van der Waals surface area contributed by atoms with Crippen LogP contribution in [0.15, 0.2) is 47.8 Å². The highest BCUT2D eigenvalue weighted by molar-refractivity contribution is 7.13. The standard InChI is InChI=1S/C16H14FN3O2S/c17-11-5-3-10(4-6-11)14(21)9-18-16(22)13-8-12(19-20-13)15-2-1-7-23-15/h1-8,14,21H,9H2,(H,18,22)(H,19,20). The molecule has 0 bridgehead atoms. The van der Waals surface area contributed by atoms with Crippen LogP contribution in [0.4, 0.5) is 4.39 Å². The lowest BCUT2D eigenvalue weighted by atomic mass is 10.1. The maximum Gasteiger partial charge on any atom is 0.271 e. The number of carbonyl (C=O) groups is 1. The molecule has 0 aliphatic heterocycles. The first kappa shape index (κ1) is 15.4. The Morgan fingerprint density at radius 3 is 2.83 bits per heavy atom. The molecule has 0 aliphatic rings. The Kier molecular flexibility index (Phi) is 4.50. The lowest BCUT2D eigenvalue weighted by Gasteiger charge is -2.11. The second kappa shape index (κ2) is 6.72. The molecule has 0 saturated heterocycles. The van der Waals surface area contributed by atoms with Gasteiger partial charge >= 0.3 is 0 Å². The molecule has 1 unspecified atom stereocenters. The van der Waals surface area contributed by atoms with Crippen LogP contribution >= 0.6 is 11.3 Å². The molecule has 1 aromatic carbocycles. The lowest BCUT2D eigenvalue weighted by molar-refractivity contribution is 0.0911. The third kappa shape index (κ3) is 3.64. The van der Waals surface area contributed by atoms with Gasteiger partial charge in [-0.15, -0.1) is 11.3 Å². The fraction of sp³-hybridized carbons (Fsp3) is 0.125. The zero-order chi connectivity index (χ0) is 16.2. The van der Waals surface area contributed by atoms with Crippen molar-refractivity contribution in [3.05, 3.63) is 64.9 Å². The summed E-state index contributed by atoms with van der Waals surface area (Å²) in [7, 11) is 0. The van der Waals surface area contributed by atoms with E-state index in [0.29, 0.717) is 5.56 Å². The maximum absolute atomic E-state index is 12.8. The van der Waals surface area contributed by atoms with Crippen LogP contribution in [0.25, 0.3) is 10.6 Å². The average Bonchev–Trinajstić information content (AvgIpc) is 3.23. The molecule has 1 amide bonds. The number of aromatic amines is 1. The minimum Gasteiger partial charge on any atom is -0.387 e. The lowest BCUT2D eigenvalue weighted by Crippen LogP contribution is -2.28. The van der Waals surface area contributed by atoms with Gasteiger partial charge in [-0.25, -0.2) is 4.39 Å². The summed E-state index contributed by atoms with van der Waals surface area (Å²) >= 11 is 1.54. The Balaban J connectivity index is 1.60. The summed E-state index contributed by atoms with van der Waals surface area (Å²) in [5.74, 6) is -0.757. The number of nitrogens with zero attached hydrogens (tertiary/aromatic N) is 1. The van der Waals surface area contributed by atoms with Gasteiger partial charge in [-0.05, 0) is 35.2 Å². The summed E-state index contributed by atoms with van der Waals surface area (Å²) in [4.78, 5) is 13.0. The van der Waals surface area contributed by atoms with Crippen LogP contribution in [-0.4, -0.2) is 27.8 Å². The number of hydrogen-bond donors (Lipinski definition) is 3. The molecule has 0 spiro atoms. The van der Waals surface area contributed by atoms with Gasteiger partial charge in [-0.2, -0.15) is 5.10 Å². The third-order valence-corrected chi connectivity index (χ3v) is 4.21. The molecule has 7 heteroatoms. The number of nitrogens with one attached hydrogen (secondary N) is 2. The van der Waals surface area contributed by atoms with Crippen LogP contribution in [-0.2, 0) is 0 Å². The summed E-state index contributed by atoms with van der Waals surface area (Å²) in [5, 5.41) is 21.3. The quantitative estimate of drug-likeness (QED) is 0.673. The van der Waals surface area contributed by atoms with E-state index >= 15 is 0 Å². The fourth-order valence-corrected chi connectivity index (χ4v) is 2.77. The minimum atomic E-state index is -0.907. The second-order valence-electron chi connectivity index (χ2n) is 4.92. The maximum atomic E-state index is 12.8. The number of halogens is 1. The van der Waals surface area contributed by atoms with Crippen molar-refractivity contribution in [2.24, 2.45) is 0 Å². The topological polar surface area (TPSA) is 78.0 Å². The third-order valence-electron chi connectivity index (χ3n) is 3.31. The Morgan fingerprint density at radius 1 is 1.35 bits per heavy atom. The SMILES string of the molecule is O=C(NCC(O)c1ccc(F)cc1)c1cc(-c2cccs2)[nH]n1. The van der Waals surface area contributed by atoms with E-state index in [1.165, 1.54) is 24.3 Å². The highest BCUT2D eigenvalue weighted by Gasteiger charge is 2.14. The molecule has 0 radical (unpaired) electrons. The predicted octanol–water partition coefficient (Wildman–Crippen LogP) is 2.74. The molecule has 3 rings (SSSR count). The molecule has 1 atom stereocenters. The van der Waals surface area contributed by atoms with Crippen molar-refractivity contribution in [2.75, 3.05) is 6.54 Å². The number of thiophene rings is 1. The van der Waals surface area contributed by atoms with Gasteiger partial charge in [0.2, 0.25) is 0 Å². The zero-order valence-corrected chi connectivity index (χ0v) is 12.8. The van der Waals surface area contributed by atoms with Gasteiger partial charge in [0, 0.05) is 6.54 Å². The van der Waals surface area contributed by atoms with Gasteiger partial charge in [-0.1, -0.05) is 18.2 Å². The molecule has 3 aromatic rings. The number of aliphatic hydroxyl groups is 1. The van der Waals surface area contributed by atoms with Crippen molar-refractivity contribution in [1.82, 2.24) is 15.5 Å². The number of H-pyrrole nitrogens is 1. The van der Waals surface area contributed by atoms with Crippen molar-refractivity contribution in [1.29, 1.82) is 0 Å². The van der Waals surface area contributed by atoms with Gasteiger partial charge in [0.1, 0.15) is 5.82 Å². The predicted molar refractivity (Wildman–Crippen MR) is 85.6 cm³/mol. The Morgan fingerprint density at radius 2 is 2.13 bits per heavy atom. The minimum absolute atomic E-state index is 0.0195. The number of carbonyl (C=O) groups excluding carboxylic acids is 1. The summed E-state index contributed by atoms with van der Waals surface area (Å²) in [6, 6.07) is 11.0. The normalized spacial score (nSPS) is 12.1. The second-order valence-corrected chi connectivity index (χ2v) is 5.87. The largest absolute Gasteiger partial charge is 0.387 e. The van der Waals surface area contributed by atoms with E-state index < -0.39 is 6.10 Å². The van der Waals surface area contributed by atoms with E-state index in [9.17, 15) is 14.3 Å². The van der Waals surface area contributed by atoms with Crippen LogP contribution in [0.2, 0.25) is 0 Å². The molecule has 2 aromatic heterocycles. The Labute approximate surface area is 135 Å². The van der Waals surface area contributed by atoms with Crippen molar-refractivity contribution < 1.29 is 14.3 Å². The molecule has 0 fully saturated rings. The summed E-state index contributed by atoms with van der Waals surface area (Å²) in [5.41, 5.74) is 1.55. The number of aromatic nitrogens is 2. The molecular weight excluding hydrogens is 317 g/mol. The molecule has 0 aliphatic carbocycles. The van der Waals surface area contributed by atoms with E-state index in [4.69, 9.17) is 0 Å². The molecule has 5 nitrogen and oxygen atoms in total. The zero-order valence-electron chi connectivity index (χ0n) is 12.0.